The molecule has 1 N–H and O–H groups in total. The Balaban J connectivity index is 2.35. The average Bonchev–Trinajstić information content (AvgIpc) is 2.17. The molecule has 1 heteroatoms. The first-order valence-corrected chi connectivity index (χ1v) is 6.83. The zero-order valence-corrected chi connectivity index (χ0v) is 11.1. The van der Waals surface area contributed by atoms with Crippen molar-refractivity contribution in [1.82, 2.24) is 5.32 Å². The van der Waals surface area contributed by atoms with Gasteiger partial charge in [-0.15, -0.1) is 0 Å². The zero-order valence-electron chi connectivity index (χ0n) is 11.1. The molecule has 0 spiro atoms. The van der Waals surface area contributed by atoms with Gasteiger partial charge in [0.1, 0.15) is 0 Å². The minimum absolute atomic E-state index is 0.810. The Hall–Kier alpha value is -0.0400. The molecular weight excluding hydrogens is 182 g/mol. The highest BCUT2D eigenvalue weighted by Crippen LogP contribution is 2.27. The monoisotopic (exact) mass is 211 g/mol. The van der Waals surface area contributed by atoms with E-state index < -0.39 is 0 Å². The van der Waals surface area contributed by atoms with Crippen molar-refractivity contribution in [2.24, 2.45) is 17.8 Å². The van der Waals surface area contributed by atoms with Crippen LogP contribution in [0.15, 0.2) is 0 Å². The molecule has 0 aliphatic carbocycles. The molecule has 0 aromatic heterocycles. The quantitative estimate of drug-likeness (QED) is 0.728. The van der Waals surface area contributed by atoms with Crippen LogP contribution in [0.3, 0.4) is 0 Å². The Morgan fingerprint density at radius 3 is 2.33 bits per heavy atom. The Kier molecular flexibility index (Phi) is 5.66. The highest BCUT2D eigenvalue weighted by atomic mass is 14.9. The second-order valence-electron chi connectivity index (χ2n) is 6.02. The van der Waals surface area contributed by atoms with Crippen molar-refractivity contribution >= 4 is 0 Å². The summed E-state index contributed by atoms with van der Waals surface area (Å²) in [5.74, 6) is 2.61. The fourth-order valence-corrected chi connectivity index (χ4v) is 2.74. The Labute approximate surface area is 96.0 Å². The van der Waals surface area contributed by atoms with Gasteiger partial charge in [0.05, 0.1) is 0 Å². The van der Waals surface area contributed by atoms with E-state index >= 15 is 0 Å². The first kappa shape index (κ1) is 13.0. The molecule has 0 amide bonds. The summed E-state index contributed by atoms with van der Waals surface area (Å²) < 4.78 is 0. The molecule has 0 aromatic rings. The molecule has 0 saturated carbocycles. The van der Waals surface area contributed by atoms with Crippen LogP contribution in [-0.4, -0.2) is 12.6 Å². The first-order valence-electron chi connectivity index (χ1n) is 6.83. The van der Waals surface area contributed by atoms with Crippen molar-refractivity contribution < 1.29 is 0 Å². The molecule has 1 aliphatic rings. The van der Waals surface area contributed by atoms with Crippen LogP contribution in [-0.2, 0) is 0 Å². The van der Waals surface area contributed by atoms with Gasteiger partial charge in [0.25, 0.3) is 0 Å². The van der Waals surface area contributed by atoms with Gasteiger partial charge in [-0.1, -0.05) is 34.1 Å². The van der Waals surface area contributed by atoms with Crippen LogP contribution in [0.4, 0.5) is 0 Å². The van der Waals surface area contributed by atoms with Crippen LogP contribution < -0.4 is 5.32 Å². The van der Waals surface area contributed by atoms with E-state index in [9.17, 15) is 0 Å². The van der Waals surface area contributed by atoms with Gasteiger partial charge >= 0.3 is 0 Å². The third-order valence-electron chi connectivity index (χ3n) is 3.72. The van der Waals surface area contributed by atoms with E-state index in [1.165, 1.54) is 38.6 Å². The maximum absolute atomic E-state index is 3.68. The van der Waals surface area contributed by atoms with E-state index in [0.717, 1.165) is 23.8 Å². The van der Waals surface area contributed by atoms with E-state index in [1.54, 1.807) is 0 Å². The number of nitrogens with one attached hydrogen (secondary N) is 1. The lowest BCUT2D eigenvalue weighted by molar-refractivity contribution is 0.245. The zero-order chi connectivity index (χ0) is 11.3. The van der Waals surface area contributed by atoms with Crippen molar-refractivity contribution in [3.8, 4) is 0 Å². The lowest BCUT2D eigenvalue weighted by atomic mass is 9.81. The molecule has 90 valence electrons. The summed E-state index contributed by atoms with van der Waals surface area (Å²) in [5, 5.41) is 3.68. The second kappa shape index (κ2) is 6.52. The molecule has 0 aromatic carbocycles. The molecule has 1 fully saturated rings. The van der Waals surface area contributed by atoms with Gasteiger partial charge in [-0.25, -0.2) is 0 Å². The van der Waals surface area contributed by atoms with Gasteiger partial charge < -0.3 is 5.32 Å². The van der Waals surface area contributed by atoms with Gasteiger partial charge in [0.15, 0.2) is 0 Å². The van der Waals surface area contributed by atoms with E-state index in [0.29, 0.717) is 0 Å². The predicted molar refractivity (Wildman–Crippen MR) is 68.0 cm³/mol. The summed E-state index contributed by atoms with van der Waals surface area (Å²) in [6.45, 7) is 10.7. The van der Waals surface area contributed by atoms with Gasteiger partial charge in [-0.2, -0.15) is 0 Å². The average molecular weight is 211 g/mol. The van der Waals surface area contributed by atoms with Crippen LogP contribution in [0.2, 0.25) is 0 Å². The molecule has 1 nitrogen and oxygen atoms in total. The lowest BCUT2D eigenvalue weighted by Gasteiger charge is -2.30. The summed E-state index contributed by atoms with van der Waals surface area (Å²) in [6.07, 6.45) is 7.02. The third kappa shape index (κ3) is 5.01. The van der Waals surface area contributed by atoms with Crippen molar-refractivity contribution in [3.63, 3.8) is 0 Å². The van der Waals surface area contributed by atoms with Crippen molar-refractivity contribution in [2.45, 2.75) is 65.8 Å². The minimum atomic E-state index is 0.810. The van der Waals surface area contributed by atoms with Crippen molar-refractivity contribution in [1.29, 1.82) is 0 Å². The SMILES string of the molecule is CC(C)CC(CC1CCCCN1)C(C)C. The molecule has 1 aliphatic heterocycles. The Bertz CT molecular complexity index is 157. The van der Waals surface area contributed by atoms with Gasteiger partial charge in [0.2, 0.25) is 0 Å². The fraction of sp³-hybridized carbons (Fsp3) is 1.00. The van der Waals surface area contributed by atoms with Gasteiger partial charge in [-0.3, -0.25) is 0 Å². The highest BCUT2D eigenvalue weighted by Gasteiger charge is 2.21. The van der Waals surface area contributed by atoms with Crippen LogP contribution in [0.5, 0.6) is 0 Å². The summed E-state index contributed by atoms with van der Waals surface area (Å²) in [6, 6.07) is 0.810. The lowest BCUT2D eigenvalue weighted by Crippen LogP contribution is -2.36. The molecule has 2 atom stereocenters. The molecule has 15 heavy (non-hydrogen) atoms. The molecule has 1 saturated heterocycles. The van der Waals surface area contributed by atoms with Gasteiger partial charge in [0, 0.05) is 6.04 Å². The van der Waals surface area contributed by atoms with E-state index in [1.807, 2.05) is 0 Å². The molecule has 2 unspecified atom stereocenters. The van der Waals surface area contributed by atoms with Crippen LogP contribution in [0.25, 0.3) is 0 Å². The fourth-order valence-electron chi connectivity index (χ4n) is 2.74. The molecular formula is C14H29N. The van der Waals surface area contributed by atoms with E-state index in [-0.39, 0.29) is 0 Å². The topological polar surface area (TPSA) is 12.0 Å². The maximum Gasteiger partial charge on any atom is 0.00698 e. The summed E-state index contributed by atoms with van der Waals surface area (Å²) in [7, 11) is 0. The summed E-state index contributed by atoms with van der Waals surface area (Å²) >= 11 is 0. The standard InChI is InChI=1S/C14H29N/c1-11(2)9-13(12(3)4)10-14-7-5-6-8-15-14/h11-15H,5-10H2,1-4H3. The Morgan fingerprint density at radius 1 is 1.13 bits per heavy atom. The smallest absolute Gasteiger partial charge is 0.00698 e. The molecule has 0 radical (unpaired) electrons. The van der Waals surface area contributed by atoms with Gasteiger partial charge in [-0.05, 0) is 50.0 Å². The highest BCUT2D eigenvalue weighted by molar-refractivity contribution is 4.77. The van der Waals surface area contributed by atoms with Crippen LogP contribution in [0, 0.1) is 17.8 Å². The molecule has 1 heterocycles. The van der Waals surface area contributed by atoms with E-state index in [4.69, 9.17) is 0 Å². The molecule has 1 rings (SSSR count). The van der Waals surface area contributed by atoms with Crippen LogP contribution in [0.1, 0.15) is 59.8 Å². The number of hydrogen-bond donors (Lipinski definition) is 1. The van der Waals surface area contributed by atoms with Crippen LogP contribution >= 0.6 is 0 Å². The molecule has 0 bridgehead atoms. The minimum Gasteiger partial charge on any atom is -0.314 e. The van der Waals surface area contributed by atoms with Crippen molar-refractivity contribution in [2.75, 3.05) is 6.54 Å². The third-order valence-corrected chi connectivity index (χ3v) is 3.72. The van der Waals surface area contributed by atoms with Crippen molar-refractivity contribution in [3.05, 3.63) is 0 Å². The number of rotatable bonds is 5. The maximum atomic E-state index is 3.68. The first-order chi connectivity index (χ1) is 7.09. The summed E-state index contributed by atoms with van der Waals surface area (Å²) in [4.78, 5) is 0. The Morgan fingerprint density at radius 2 is 1.87 bits per heavy atom. The normalized spacial score (nSPS) is 24.8. The summed E-state index contributed by atoms with van der Waals surface area (Å²) in [5.41, 5.74) is 0. The number of piperidine rings is 1. The number of hydrogen-bond acceptors (Lipinski definition) is 1. The van der Waals surface area contributed by atoms with E-state index in [2.05, 4.69) is 33.0 Å². The second-order valence-corrected chi connectivity index (χ2v) is 6.02. The predicted octanol–water partition coefficient (Wildman–Crippen LogP) is 3.84. The largest absolute Gasteiger partial charge is 0.314 e.